The highest BCUT2D eigenvalue weighted by atomic mass is 16.2. The van der Waals surface area contributed by atoms with E-state index in [1.165, 1.54) is 103 Å². The molecule has 0 saturated carbocycles. The number of rotatable bonds is 28. The topological polar surface area (TPSA) is 47.1 Å². The standard InChI is InChI=1S/C34H70N4O2/c1-7-9-11-13-15-17-19-21-23-25-27-37(31-29-35(3)4)33(39)34(40)38(32-30-36(5)6)28-26-24-22-20-18-16-14-12-10-8-2/h7-32H2,1-6H3. The van der Waals surface area contributed by atoms with Gasteiger partial charge in [-0.05, 0) is 41.0 Å². The highest BCUT2D eigenvalue weighted by molar-refractivity contribution is 6.34. The predicted molar refractivity (Wildman–Crippen MR) is 174 cm³/mol. The second kappa shape index (κ2) is 28.0. The Balaban J connectivity index is 4.63. The molecule has 0 aromatic heterocycles. The molecule has 0 radical (unpaired) electrons. The fourth-order valence-electron chi connectivity index (χ4n) is 5.12. The molecule has 0 N–H and O–H groups in total. The maximum atomic E-state index is 13.4. The first-order valence-electron chi connectivity index (χ1n) is 17.2. The lowest BCUT2D eigenvalue weighted by Gasteiger charge is -2.29. The molecule has 2 amide bonds. The first-order valence-corrected chi connectivity index (χ1v) is 17.2. The molecule has 6 nitrogen and oxygen atoms in total. The van der Waals surface area contributed by atoms with E-state index in [-0.39, 0.29) is 11.8 Å². The summed E-state index contributed by atoms with van der Waals surface area (Å²) in [7, 11) is 8.11. The Morgan fingerprint density at radius 1 is 0.350 bits per heavy atom. The molecule has 0 rings (SSSR count). The Hall–Kier alpha value is -1.14. The third-order valence-electron chi connectivity index (χ3n) is 7.95. The summed E-state index contributed by atoms with van der Waals surface area (Å²) in [4.78, 5) is 34.7. The van der Waals surface area contributed by atoms with Crippen LogP contribution in [0.2, 0.25) is 0 Å². The molecule has 0 fully saturated rings. The Morgan fingerprint density at radius 3 is 0.850 bits per heavy atom. The second-order valence-electron chi connectivity index (χ2n) is 12.6. The third-order valence-corrected chi connectivity index (χ3v) is 7.95. The van der Waals surface area contributed by atoms with Gasteiger partial charge in [0.05, 0.1) is 0 Å². The largest absolute Gasteiger partial charge is 0.333 e. The lowest BCUT2D eigenvalue weighted by atomic mass is 10.1. The van der Waals surface area contributed by atoms with Gasteiger partial charge in [-0.2, -0.15) is 0 Å². The molecule has 238 valence electrons. The van der Waals surface area contributed by atoms with Gasteiger partial charge in [0.15, 0.2) is 0 Å². The number of likely N-dealkylation sites (N-methyl/N-ethyl adjacent to an activating group) is 2. The van der Waals surface area contributed by atoms with E-state index in [1.54, 1.807) is 0 Å². The molecule has 0 aliphatic heterocycles. The van der Waals surface area contributed by atoms with Gasteiger partial charge >= 0.3 is 11.8 Å². The van der Waals surface area contributed by atoms with Gasteiger partial charge < -0.3 is 19.6 Å². The van der Waals surface area contributed by atoms with Crippen molar-refractivity contribution >= 4 is 11.8 Å². The first kappa shape index (κ1) is 38.9. The zero-order chi connectivity index (χ0) is 29.8. The van der Waals surface area contributed by atoms with E-state index in [0.29, 0.717) is 26.2 Å². The minimum absolute atomic E-state index is 0.302. The SMILES string of the molecule is CCCCCCCCCCCCN(CCN(C)C)C(=O)C(=O)N(CCCCCCCCCCCC)CCN(C)C. The Bertz CT molecular complexity index is 532. The van der Waals surface area contributed by atoms with Crippen molar-refractivity contribution in [2.45, 2.75) is 142 Å². The van der Waals surface area contributed by atoms with Crippen molar-refractivity contribution in [3.05, 3.63) is 0 Å². The van der Waals surface area contributed by atoms with E-state index in [0.717, 1.165) is 38.8 Å². The van der Waals surface area contributed by atoms with Crippen LogP contribution in [0, 0.1) is 0 Å². The normalized spacial score (nSPS) is 11.5. The Labute approximate surface area is 250 Å². The van der Waals surface area contributed by atoms with E-state index >= 15 is 0 Å². The summed E-state index contributed by atoms with van der Waals surface area (Å²) in [5.41, 5.74) is 0. The van der Waals surface area contributed by atoms with Crippen molar-refractivity contribution in [2.24, 2.45) is 0 Å². The zero-order valence-electron chi connectivity index (χ0n) is 28.0. The second-order valence-corrected chi connectivity index (χ2v) is 12.6. The van der Waals surface area contributed by atoms with Crippen molar-refractivity contribution in [1.82, 2.24) is 19.6 Å². The van der Waals surface area contributed by atoms with E-state index in [2.05, 4.69) is 23.6 Å². The van der Waals surface area contributed by atoms with Crippen LogP contribution in [0.15, 0.2) is 0 Å². The number of nitrogens with zero attached hydrogens (tertiary/aromatic N) is 4. The molecular formula is C34H70N4O2. The molecule has 0 unspecified atom stereocenters. The molecule has 40 heavy (non-hydrogen) atoms. The van der Waals surface area contributed by atoms with Crippen LogP contribution in [0.4, 0.5) is 0 Å². The molecule has 0 aliphatic carbocycles. The molecule has 0 bridgehead atoms. The number of hydrogen-bond acceptors (Lipinski definition) is 4. The fraction of sp³-hybridized carbons (Fsp3) is 0.941. The van der Waals surface area contributed by atoms with Gasteiger partial charge in [0.2, 0.25) is 0 Å². The first-order chi connectivity index (χ1) is 19.3. The van der Waals surface area contributed by atoms with Gasteiger partial charge in [-0.25, -0.2) is 0 Å². The predicted octanol–water partition coefficient (Wildman–Crippen LogP) is 7.61. The summed E-state index contributed by atoms with van der Waals surface area (Å²) in [5.74, 6) is -0.604. The molecule has 0 saturated heterocycles. The maximum Gasteiger partial charge on any atom is 0.312 e. The van der Waals surface area contributed by atoms with E-state index in [1.807, 2.05) is 38.0 Å². The minimum Gasteiger partial charge on any atom is -0.333 e. The number of unbranched alkanes of at least 4 members (excludes halogenated alkanes) is 18. The van der Waals surface area contributed by atoms with Crippen LogP contribution in [-0.2, 0) is 9.59 Å². The molecule has 0 aromatic rings. The summed E-state index contributed by atoms with van der Waals surface area (Å²) >= 11 is 0. The highest BCUT2D eigenvalue weighted by Gasteiger charge is 2.26. The van der Waals surface area contributed by atoms with Crippen LogP contribution in [0.1, 0.15) is 142 Å². The minimum atomic E-state index is -0.302. The maximum absolute atomic E-state index is 13.4. The molecule has 0 aromatic carbocycles. The van der Waals surface area contributed by atoms with Gasteiger partial charge in [-0.1, -0.05) is 129 Å². The lowest BCUT2D eigenvalue weighted by molar-refractivity contribution is -0.152. The molecule has 0 atom stereocenters. The van der Waals surface area contributed by atoms with Gasteiger partial charge in [0, 0.05) is 39.3 Å². The summed E-state index contributed by atoms with van der Waals surface area (Å²) in [6.45, 7) is 8.72. The lowest BCUT2D eigenvalue weighted by Crippen LogP contribution is -2.49. The monoisotopic (exact) mass is 567 g/mol. The van der Waals surface area contributed by atoms with Crippen LogP contribution in [0.3, 0.4) is 0 Å². The Kier molecular flexibility index (Phi) is 27.2. The van der Waals surface area contributed by atoms with Crippen LogP contribution < -0.4 is 0 Å². The average Bonchev–Trinajstić information content (AvgIpc) is 2.93. The van der Waals surface area contributed by atoms with Crippen molar-refractivity contribution < 1.29 is 9.59 Å². The van der Waals surface area contributed by atoms with Crippen LogP contribution >= 0.6 is 0 Å². The van der Waals surface area contributed by atoms with E-state index in [4.69, 9.17) is 0 Å². The van der Waals surface area contributed by atoms with Crippen LogP contribution in [-0.4, -0.2) is 98.9 Å². The van der Waals surface area contributed by atoms with Crippen molar-refractivity contribution in [2.75, 3.05) is 67.5 Å². The fourth-order valence-corrected chi connectivity index (χ4v) is 5.12. The molecule has 0 aliphatic rings. The van der Waals surface area contributed by atoms with Crippen LogP contribution in [0.25, 0.3) is 0 Å². The summed E-state index contributed by atoms with van der Waals surface area (Å²) in [6, 6.07) is 0. The van der Waals surface area contributed by atoms with E-state index < -0.39 is 0 Å². The quantitative estimate of drug-likeness (QED) is 0.0722. The highest BCUT2D eigenvalue weighted by Crippen LogP contribution is 2.13. The smallest absolute Gasteiger partial charge is 0.312 e. The average molecular weight is 567 g/mol. The molecule has 0 heterocycles. The molecular weight excluding hydrogens is 496 g/mol. The summed E-state index contributed by atoms with van der Waals surface area (Å²) in [5, 5.41) is 0. The number of amides is 2. The van der Waals surface area contributed by atoms with Crippen molar-refractivity contribution in [3.63, 3.8) is 0 Å². The number of carbonyl (C=O) groups is 2. The summed E-state index contributed by atoms with van der Waals surface area (Å²) < 4.78 is 0. The zero-order valence-corrected chi connectivity index (χ0v) is 28.0. The Morgan fingerprint density at radius 2 is 0.600 bits per heavy atom. The van der Waals surface area contributed by atoms with E-state index in [9.17, 15) is 9.59 Å². The van der Waals surface area contributed by atoms with Gasteiger partial charge in [0.1, 0.15) is 0 Å². The number of hydrogen-bond donors (Lipinski definition) is 0. The van der Waals surface area contributed by atoms with Crippen LogP contribution in [0.5, 0.6) is 0 Å². The molecule has 6 heteroatoms. The van der Waals surface area contributed by atoms with Gasteiger partial charge in [0.25, 0.3) is 0 Å². The third kappa shape index (κ3) is 23.6. The molecule has 0 spiro atoms. The van der Waals surface area contributed by atoms with Gasteiger partial charge in [-0.3, -0.25) is 9.59 Å². The summed E-state index contributed by atoms with van der Waals surface area (Å²) in [6.07, 6.45) is 25.4. The number of carbonyl (C=O) groups excluding carboxylic acids is 2. The van der Waals surface area contributed by atoms with Gasteiger partial charge in [-0.15, -0.1) is 0 Å². The van der Waals surface area contributed by atoms with Crippen molar-refractivity contribution in [3.8, 4) is 0 Å². The van der Waals surface area contributed by atoms with Crippen molar-refractivity contribution in [1.29, 1.82) is 0 Å².